The fourth-order valence-corrected chi connectivity index (χ4v) is 3.08. The molecule has 0 aliphatic heterocycles. The van der Waals surface area contributed by atoms with Gasteiger partial charge in [0, 0.05) is 27.0 Å². The van der Waals surface area contributed by atoms with Crippen molar-refractivity contribution >= 4 is 31.9 Å². The second kappa shape index (κ2) is 6.09. The molecule has 0 saturated heterocycles. The maximum absolute atomic E-state index is 13.6. The van der Waals surface area contributed by atoms with Crippen LogP contribution >= 0.6 is 31.9 Å². The van der Waals surface area contributed by atoms with Gasteiger partial charge >= 0.3 is 0 Å². The Morgan fingerprint density at radius 2 is 1.63 bits per heavy atom. The molecule has 0 N–H and O–H groups in total. The SMILES string of the molecule is Fc1cc(F)c(C(Br)Cc2cccc(Br)c2)c(F)c1. The van der Waals surface area contributed by atoms with Gasteiger partial charge in [0.25, 0.3) is 0 Å². The molecule has 100 valence electrons. The van der Waals surface area contributed by atoms with Crippen LogP contribution in [-0.4, -0.2) is 0 Å². The normalized spacial score (nSPS) is 12.5. The van der Waals surface area contributed by atoms with Crippen LogP contribution in [0.2, 0.25) is 0 Å². The highest BCUT2D eigenvalue weighted by Gasteiger charge is 2.19. The molecule has 2 aromatic rings. The van der Waals surface area contributed by atoms with Crippen LogP contribution in [0.25, 0.3) is 0 Å². The van der Waals surface area contributed by atoms with Crippen LogP contribution in [0, 0.1) is 17.5 Å². The Kier molecular flexibility index (Phi) is 4.68. The van der Waals surface area contributed by atoms with Gasteiger partial charge in [-0.15, -0.1) is 0 Å². The number of rotatable bonds is 3. The first-order chi connectivity index (χ1) is 8.97. The average molecular weight is 394 g/mol. The molecule has 0 amide bonds. The largest absolute Gasteiger partial charge is 0.207 e. The van der Waals surface area contributed by atoms with E-state index in [1.54, 1.807) is 0 Å². The van der Waals surface area contributed by atoms with Crippen molar-refractivity contribution in [1.82, 2.24) is 0 Å². The zero-order valence-corrected chi connectivity index (χ0v) is 12.8. The minimum absolute atomic E-state index is 0.152. The van der Waals surface area contributed by atoms with Crippen LogP contribution in [0.15, 0.2) is 40.9 Å². The van der Waals surface area contributed by atoms with Gasteiger partial charge in [-0.2, -0.15) is 0 Å². The maximum atomic E-state index is 13.6. The van der Waals surface area contributed by atoms with Crippen molar-refractivity contribution < 1.29 is 13.2 Å². The smallest absolute Gasteiger partial charge is 0.133 e. The molecule has 0 radical (unpaired) electrons. The first kappa shape index (κ1) is 14.6. The maximum Gasteiger partial charge on any atom is 0.133 e. The Labute approximate surface area is 125 Å². The Morgan fingerprint density at radius 3 is 2.21 bits per heavy atom. The highest BCUT2D eigenvalue weighted by molar-refractivity contribution is 9.10. The minimum Gasteiger partial charge on any atom is -0.207 e. The van der Waals surface area contributed by atoms with Gasteiger partial charge in [0.05, 0.1) is 0 Å². The molecule has 0 heterocycles. The van der Waals surface area contributed by atoms with Crippen molar-refractivity contribution in [3.05, 3.63) is 69.4 Å². The van der Waals surface area contributed by atoms with Crippen molar-refractivity contribution in [2.75, 3.05) is 0 Å². The number of alkyl halides is 1. The van der Waals surface area contributed by atoms with Gasteiger partial charge < -0.3 is 0 Å². The van der Waals surface area contributed by atoms with Crippen LogP contribution in [0.4, 0.5) is 13.2 Å². The number of hydrogen-bond acceptors (Lipinski definition) is 0. The Bertz CT molecular complexity index is 576. The quantitative estimate of drug-likeness (QED) is 0.600. The molecule has 0 nitrogen and oxygen atoms in total. The zero-order chi connectivity index (χ0) is 14.0. The monoisotopic (exact) mass is 392 g/mol. The molecule has 5 heteroatoms. The van der Waals surface area contributed by atoms with Crippen LogP contribution in [-0.2, 0) is 6.42 Å². The van der Waals surface area contributed by atoms with Gasteiger partial charge in [0.15, 0.2) is 0 Å². The first-order valence-corrected chi connectivity index (χ1v) is 7.21. The van der Waals surface area contributed by atoms with E-state index in [4.69, 9.17) is 0 Å². The van der Waals surface area contributed by atoms with Gasteiger partial charge in [-0.25, -0.2) is 13.2 Å². The number of hydrogen-bond donors (Lipinski definition) is 0. The summed E-state index contributed by atoms with van der Waals surface area (Å²) in [7, 11) is 0. The van der Waals surface area contributed by atoms with Crippen LogP contribution in [0.5, 0.6) is 0 Å². The van der Waals surface area contributed by atoms with Crippen molar-refractivity contribution in [2.45, 2.75) is 11.2 Å². The third kappa shape index (κ3) is 3.60. The summed E-state index contributed by atoms with van der Waals surface area (Å²) in [5.74, 6) is -2.68. The molecular formula is C14H9Br2F3. The first-order valence-electron chi connectivity index (χ1n) is 5.50. The molecule has 0 aromatic heterocycles. The van der Waals surface area contributed by atoms with Crippen LogP contribution in [0.1, 0.15) is 16.0 Å². The molecule has 19 heavy (non-hydrogen) atoms. The Morgan fingerprint density at radius 1 is 1.00 bits per heavy atom. The van der Waals surface area contributed by atoms with E-state index in [9.17, 15) is 13.2 Å². The third-order valence-electron chi connectivity index (χ3n) is 2.66. The van der Waals surface area contributed by atoms with E-state index in [1.807, 2.05) is 24.3 Å². The van der Waals surface area contributed by atoms with Gasteiger partial charge in [-0.3, -0.25) is 0 Å². The van der Waals surface area contributed by atoms with Crippen molar-refractivity contribution in [2.24, 2.45) is 0 Å². The van der Waals surface area contributed by atoms with E-state index in [-0.39, 0.29) is 5.56 Å². The van der Waals surface area contributed by atoms with E-state index < -0.39 is 22.3 Å². The van der Waals surface area contributed by atoms with E-state index >= 15 is 0 Å². The molecule has 0 fully saturated rings. The van der Waals surface area contributed by atoms with Gasteiger partial charge in [-0.1, -0.05) is 44.0 Å². The summed E-state index contributed by atoms with van der Waals surface area (Å²) in [6.07, 6.45) is 0.402. The molecule has 0 saturated carbocycles. The predicted molar refractivity (Wildman–Crippen MR) is 75.8 cm³/mol. The highest BCUT2D eigenvalue weighted by Crippen LogP contribution is 2.32. The molecule has 0 aliphatic carbocycles. The lowest BCUT2D eigenvalue weighted by Crippen LogP contribution is -2.03. The van der Waals surface area contributed by atoms with Crippen molar-refractivity contribution in [3.63, 3.8) is 0 Å². The van der Waals surface area contributed by atoms with E-state index in [0.717, 1.165) is 10.0 Å². The standard InChI is InChI=1S/C14H9Br2F3/c15-9-3-1-2-8(4-9)5-11(16)14-12(18)6-10(17)7-13(14)19/h1-4,6-7,11H,5H2. The van der Waals surface area contributed by atoms with Crippen molar-refractivity contribution in [3.8, 4) is 0 Å². The Hall–Kier alpha value is -0.810. The Balaban J connectivity index is 2.28. The molecule has 0 spiro atoms. The van der Waals surface area contributed by atoms with Crippen molar-refractivity contribution in [1.29, 1.82) is 0 Å². The second-order valence-electron chi connectivity index (χ2n) is 4.08. The highest BCUT2D eigenvalue weighted by atomic mass is 79.9. The molecule has 1 unspecified atom stereocenters. The molecule has 0 aliphatic rings. The third-order valence-corrected chi connectivity index (χ3v) is 3.94. The second-order valence-corrected chi connectivity index (χ2v) is 6.11. The zero-order valence-electron chi connectivity index (χ0n) is 9.64. The van der Waals surface area contributed by atoms with Gasteiger partial charge in [-0.05, 0) is 24.1 Å². The number of halogens is 5. The summed E-state index contributed by atoms with van der Waals surface area (Å²) in [6.45, 7) is 0. The fraction of sp³-hybridized carbons (Fsp3) is 0.143. The van der Waals surface area contributed by atoms with Gasteiger partial charge in [0.2, 0.25) is 0 Å². The summed E-state index contributed by atoms with van der Waals surface area (Å²) < 4.78 is 41.0. The molecule has 1 atom stereocenters. The summed E-state index contributed by atoms with van der Waals surface area (Å²) in [6, 6.07) is 8.81. The predicted octanol–water partition coefficient (Wildman–Crippen LogP) is 5.55. The summed E-state index contributed by atoms with van der Waals surface area (Å²) >= 11 is 6.59. The molecule has 2 rings (SSSR count). The summed E-state index contributed by atoms with van der Waals surface area (Å²) in [4.78, 5) is -0.553. The van der Waals surface area contributed by atoms with Crippen LogP contribution < -0.4 is 0 Å². The lowest BCUT2D eigenvalue weighted by molar-refractivity contribution is 0.522. The lowest BCUT2D eigenvalue weighted by Gasteiger charge is -2.13. The lowest BCUT2D eigenvalue weighted by atomic mass is 10.0. The molecular weight excluding hydrogens is 385 g/mol. The van der Waals surface area contributed by atoms with E-state index in [0.29, 0.717) is 18.6 Å². The molecule has 0 bridgehead atoms. The fourth-order valence-electron chi connectivity index (χ4n) is 1.83. The number of benzene rings is 2. The van der Waals surface area contributed by atoms with E-state index in [1.165, 1.54) is 0 Å². The summed E-state index contributed by atoms with van der Waals surface area (Å²) in [5.41, 5.74) is 0.765. The van der Waals surface area contributed by atoms with E-state index in [2.05, 4.69) is 31.9 Å². The van der Waals surface area contributed by atoms with Crippen LogP contribution in [0.3, 0.4) is 0 Å². The van der Waals surface area contributed by atoms with Gasteiger partial charge in [0.1, 0.15) is 17.5 Å². The molecule has 2 aromatic carbocycles. The summed E-state index contributed by atoms with van der Waals surface area (Å²) in [5, 5.41) is 0. The topological polar surface area (TPSA) is 0 Å². The minimum atomic E-state index is -0.916. The average Bonchev–Trinajstić information content (AvgIpc) is 2.27.